The maximum absolute atomic E-state index is 11.8. The molecule has 2 rings (SSSR count). The van der Waals surface area contributed by atoms with E-state index in [1.165, 1.54) is 0 Å². The molecule has 0 aliphatic carbocycles. The van der Waals surface area contributed by atoms with E-state index in [0.29, 0.717) is 19.1 Å². The van der Waals surface area contributed by atoms with E-state index in [4.69, 9.17) is 4.74 Å². The number of hydrogen-bond donors (Lipinski definition) is 2. The third-order valence-corrected chi connectivity index (χ3v) is 3.50. The van der Waals surface area contributed by atoms with Gasteiger partial charge in [-0.25, -0.2) is 0 Å². The van der Waals surface area contributed by atoms with Gasteiger partial charge in [0.05, 0.1) is 12.6 Å². The maximum Gasteiger partial charge on any atom is 0.236 e. The van der Waals surface area contributed by atoms with Gasteiger partial charge in [-0.15, -0.1) is 0 Å². The zero-order valence-corrected chi connectivity index (χ0v) is 11.8. The smallest absolute Gasteiger partial charge is 0.236 e. The molecule has 0 saturated heterocycles. The highest BCUT2D eigenvalue weighted by molar-refractivity contribution is 5.81. The number of likely N-dealkylation sites (N-methyl/N-ethyl adjacent to an activating group) is 1. The van der Waals surface area contributed by atoms with Crippen molar-refractivity contribution in [2.75, 3.05) is 13.2 Å². The van der Waals surface area contributed by atoms with Crippen molar-refractivity contribution < 1.29 is 9.53 Å². The SMILES string of the molecule is CCNC(=O)C(C)NC1c2ccccc2OCC1C. The van der Waals surface area contributed by atoms with E-state index >= 15 is 0 Å². The first-order valence-electron chi connectivity index (χ1n) is 6.89. The molecule has 4 heteroatoms. The summed E-state index contributed by atoms with van der Waals surface area (Å²) >= 11 is 0. The first-order valence-corrected chi connectivity index (χ1v) is 6.89. The normalized spacial score (nSPS) is 23.1. The quantitative estimate of drug-likeness (QED) is 0.871. The van der Waals surface area contributed by atoms with Crippen molar-refractivity contribution in [2.45, 2.75) is 32.9 Å². The van der Waals surface area contributed by atoms with Crippen molar-refractivity contribution in [3.63, 3.8) is 0 Å². The van der Waals surface area contributed by atoms with Crippen LogP contribution in [0.5, 0.6) is 5.75 Å². The van der Waals surface area contributed by atoms with Gasteiger partial charge in [-0.2, -0.15) is 0 Å². The van der Waals surface area contributed by atoms with Crippen LogP contribution in [0.3, 0.4) is 0 Å². The molecule has 104 valence electrons. The monoisotopic (exact) mass is 262 g/mol. The van der Waals surface area contributed by atoms with Crippen LogP contribution in [0.1, 0.15) is 32.4 Å². The summed E-state index contributed by atoms with van der Waals surface area (Å²) in [6.45, 7) is 7.30. The summed E-state index contributed by atoms with van der Waals surface area (Å²) in [6.07, 6.45) is 0. The molecule has 0 radical (unpaired) electrons. The van der Waals surface area contributed by atoms with E-state index in [2.05, 4.69) is 23.6 Å². The molecule has 0 saturated carbocycles. The fraction of sp³-hybridized carbons (Fsp3) is 0.533. The average molecular weight is 262 g/mol. The van der Waals surface area contributed by atoms with E-state index in [1.807, 2.05) is 32.0 Å². The number of nitrogens with one attached hydrogen (secondary N) is 2. The van der Waals surface area contributed by atoms with Gasteiger partial charge < -0.3 is 10.1 Å². The number of carbonyl (C=O) groups is 1. The predicted molar refractivity (Wildman–Crippen MR) is 75.1 cm³/mol. The molecule has 3 unspecified atom stereocenters. The van der Waals surface area contributed by atoms with Crippen molar-refractivity contribution >= 4 is 5.91 Å². The van der Waals surface area contributed by atoms with Crippen LogP contribution in [-0.4, -0.2) is 25.1 Å². The Morgan fingerprint density at radius 2 is 2.21 bits per heavy atom. The Hall–Kier alpha value is -1.55. The summed E-state index contributed by atoms with van der Waals surface area (Å²) in [4.78, 5) is 11.8. The Morgan fingerprint density at radius 1 is 1.47 bits per heavy atom. The maximum atomic E-state index is 11.8. The fourth-order valence-corrected chi connectivity index (χ4v) is 2.42. The zero-order valence-electron chi connectivity index (χ0n) is 11.8. The number of fused-ring (bicyclic) bond motifs is 1. The molecular weight excluding hydrogens is 240 g/mol. The Labute approximate surface area is 114 Å². The molecule has 3 atom stereocenters. The van der Waals surface area contributed by atoms with E-state index in [1.54, 1.807) is 0 Å². The molecule has 1 amide bonds. The molecule has 2 N–H and O–H groups in total. The first-order chi connectivity index (χ1) is 9.13. The van der Waals surface area contributed by atoms with Crippen molar-refractivity contribution in [2.24, 2.45) is 5.92 Å². The minimum Gasteiger partial charge on any atom is -0.493 e. The van der Waals surface area contributed by atoms with Crippen LogP contribution in [0.4, 0.5) is 0 Å². The minimum absolute atomic E-state index is 0.0404. The van der Waals surface area contributed by atoms with E-state index in [9.17, 15) is 4.79 Å². The summed E-state index contributed by atoms with van der Waals surface area (Å²) in [7, 11) is 0. The van der Waals surface area contributed by atoms with Gasteiger partial charge in [-0.05, 0) is 19.9 Å². The van der Waals surface area contributed by atoms with Gasteiger partial charge in [0, 0.05) is 24.1 Å². The average Bonchev–Trinajstić information content (AvgIpc) is 2.42. The summed E-state index contributed by atoms with van der Waals surface area (Å²) in [5.74, 6) is 1.30. The second-order valence-corrected chi connectivity index (χ2v) is 5.09. The van der Waals surface area contributed by atoms with Crippen molar-refractivity contribution in [3.8, 4) is 5.75 Å². The van der Waals surface area contributed by atoms with Crippen LogP contribution >= 0.6 is 0 Å². The van der Waals surface area contributed by atoms with Crippen LogP contribution in [0.2, 0.25) is 0 Å². The van der Waals surface area contributed by atoms with E-state index < -0.39 is 0 Å². The van der Waals surface area contributed by atoms with Gasteiger partial charge in [0.15, 0.2) is 0 Å². The summed E-state index contributed by atoms with van der Waals surface area (Å²) < 4.78 is 5.71. The molecular formula is C15H22N2O2. The largest absolute Gasteiger partial charge is 0.493 e. The van der Waals surface area contributed by atoms with Gasteiger partial charge >= 0.3 is 0 Å². The Bertz CT molecular complexity index is 448. The highest BCUT2D eigenvalue weighted by atomic mass is 16.5. The minimum atomic E-state index is -0.210. The second kappa shape index (κ2) is 6.06. The standard InChI is InChI=1S/C15H22N2O2/c1-4-16-15(18)11(3)17-14-10(2)9-19-13-8-6-5-7-12(13)14/h5-8,10-11,14,17H,4,9H2,1-3H3,(H,16,18). The Balaban J connectivity index is 2.13. The van der Waals surface area contributed by atoms with Gasteiger partial charge in [0.1, 0.15) is 5.75 Å². The topological polar surface area (TPSA) is 50.4 Å². The molecule has 1 aliphatic heterocycles. The highest BCUT2D eigenvalue weighted by Gasteiger charge is 2.29. The lowest BCUT2D eigenvalue weighted by Crippen LogP contribution is -2.46. The fourth-order valence-electron chi connectivity index (χ4n) is 2.42. The van der Waals surface area contributed by atoms with Gasteiger partial charge in [-0.3, -0.25) is 10.1 Å². The number of carbonyl (C=O) groups excluding carboxylic acids is 1. The number of ether oxygens (including phenoxy) is 1. The molecule has 1 aromatic rings. The van der Waals surface area contributed by atoms with Crippen LogP contribution in [0, 0.1) is 5.92 Å². The molecule has 4 nitrogen and oxygen atoms in total. The van der Waals surface area contributed by atoms with Gasteiger partial charge in [0.2, 0.25) is 5.91 Å². The van der Waals surface area contributed by atoms with E-state index in [-0.39, 0.29) is 18.0 Å². The lowest BCUT2D eigenvalue weighted by molar-refractivity contribution is -0.123. The van der Waals surface area contributed by atoms with Gasteiger partial charge in [-0.1, -0.05) is 25.1 Å². The Kier molecular flexibility index (Phi) is 4.43. The number of hydrogen-bond acceptors (Lipinski definition) is 3. The third-order valence-electron chi connectivity index (χ3n) is 3.50. The second-order valence-electron chi connectivity index (χ2n) is 5.09. The molecule has 1 aliphatic rings. The third kappa shape index (κ3) is 3.07. The molecule has 0 bridgehead atoms. The Morgan fingerprint density at radius 3 is 2.95 bits per heavy atom. The summed E-state index contributed by atoms with van der Waals surface area (Å²) in [5, 5.41) is 6.26. The number of para-hydroxylation sites is 1. The van der Waals surface area contributed by atoms with Crippen LogP contribution in [0.25, 0.3) is 0 Å². The zero-order chi connectivity index (χ0) is 13.8. The lowest BCUT2D eigenvalue weighted by atomic mass is 9.91. The molecule has 0 aromatic heterocycles. The van der Waals surface area contributed by atoms with Gasteiger partial charge in [0.25, 0.3) is 0 Å². The molecule has 1 heterocycles. The molecule has 1 aromatic carbocycles. The lowest BCUT2D eigenvalue weighted by Gasteiger charge is -2.33. The van der Waals surface area contributed by atoms with E-state index in [0.717, 1.165) is 11.3 Å². The van der Waals surface area contributed by atoms with Crippen molar-refractivity contribution in [1.29, 1.82) is 0 Å². The predicted octanol–water partition coefficient (Wildman–Crippen LogP) is 1.87. The molecule has 0 fully saturated rings. The van der Waals surface area contributed by atoms with Crippen LogP contribution in [-0.2, 0) is 4.79 Å². The first kappa shape index (κ1) is 13.9. The number of benzene rings is 1. The van der Waals surface area contributed by atoms with Crippen LogP contribution in [0.15, 0.2) is 24.3 Å². The summed E-state index contributed by atoms with van der Waals surface area (Å²) in [5.41, 5.74) is 1.14. The summed E-state index contributed by atoms with van der Waals surface area (Å²) in [6, 6.07) is 7.96. The number of rotatable bonds is 4. The van der Waals surface area contributed by atoms with Crippen molar-refractivity contribution in [1.82, 2.24) is 10.6 Å². The highest BCUT2D eigenvalue weighted by Crippen LogP contribution is 2.35. The van der Waals surface area contributed by atoms with Crippen LogP contribution < -0.4 is 15.4 Å². The molecule has 19 heavy (non-hydrogen) atoms. The number of amides is 1. The molecule has 0 spiro atoms. The van der Waals surface area contributed by atoms with Crippen molar-refractivity contribution in [3.05, 3.63) is 29.8 Å².